The van der Waals surface area contributed by atoms with E-state index in [-0.39, 0.29) is 6.53 Å². The van der Waals surface area contributed by atoms with Crippen LogP contribution in [0.3, 0.4) is 0 Å². The molecule has 108 valence electrons. The first-order valence-corrected chi connectivity index (χ1v) is 13.8. The van der Waals surface area contributed by atoms with Gasteiger partial charge >= 0.3 is 140 Å². The first-order chi connectivity index (χ1) is 11.7. The summed E-state index contributed by atoms with van der Waals surface area (Å²) in [6.45, 7) is -0.0983. The van der Waals surface area contributed by atoms with Crippen LogP contribution >= 0.6 is 0 Å². The van der Waals surface area contributed by atoms with Crippen LogP contribution in [-0.4, -0.2) is 18.4 Å². The normalized spacial score (nSPS) is 12.2. The summed E-state index contributed by atoms with van der Waals surface area (Å²) in [4.78, 5) is 0. The van der Waals surface area contributed by atoms with E-state index in [4.69, 9.17) is 2.74 Å². The van der Waals surface area contributed by atoms with Crippen LogP contribution in [-0.2, 0) is 0 Å². The molecule has 0 spiro atoms. The summed E-state index contributed by atoms with van der Waals surface area (Å²) in [5.41, 5.74) is 0. The molecule has 0 unspecified atom stereocenters. The Labute approximate surface area is 139 Å². The molecule has 3 aromatic rings. The second-order valence-corrected chi connectivity index (χ2v) is 16.7. The first kappa shape index (κ1) is 12.7. The van der Waals surface area contributed by atoms with Gasteiger partial charge in [0.25, 0.3) is 0 Å². The molecule has 0 nitrogen and oxygen atoms in total. The predicted octanol–water partition coefficient (Wildman–Crippen LogP) is 3.34. The molecule has 0 fully saturated rings. The Morgan fingerprint density at radius 1 is 0.682 bits per heavy atom. The van der Waals surface area contributed by atoms with Crippen molar-refractivity contribution in [3.63, 3.8) is 0 Å². The number of rotatable bonds is 5. The van der Waals surface area contributed by atoms with Crippen LogP contribution in [0.2, 0.25) is 4.44 Å². The molecule has 0 heterocycles. The zero-order valence-corrected chi connectivity index (χ0v) is 15.3. The number of hydrogen-bond donors (Lipinski definition) is 0. The minimum atomic E-state index is -3.27. The summed E-state index contributed by atoms with van der Waals surface area (Å²) < 4.78 is 20.1. The van der Waals surface area contributed by atoms with E-state index in [1.165, 1.54) is 10.7 Å². The predicted molar refractivity (Wildman–Crippen MR) is 99.0 cm³/mol. The fraction of sp³-hybridized carbons (Fsp3) is 0.0476. The van der Waals surface area contributed by atoms with Gasteiger partial charge in [0.1, 0.15) is 0 Å². The summed E-state index contributed by atoms with van der Waals surface area (Å²) in [6, 6.07) is 32.0. The summed E-state index contributed by atoms with van der Waals surface area (Å²) in [6.07, 6.45) is 1.78. The van der Waals surface area contributed by atoms with Crippen molar-refractivity contribution in [1.82, 2.24) is 0 Å². The van der Waals surface area contributed by atoms with Gasteiger partial charge in [-0.1, -0.05) is 0 Å². The Hall–Kier alpha value is -1.80. The maximum absolute atomic E-state index is 7.61. The maximum atomic E-state index is 7.61. The van der Waals surface area contributed by atoms with Crippen molar-refractivity contribution in [1.29, 1.82) is 0 Å². The third-order valence-electron chi connectivity index (χ3n) is 4.21. The molecule has 22 heavy (non-hydrogen) atoms. The Balaban J connectivity index is 2.30. The fourth-order valence-corrected chi connectivity index (χ4v) is 15.4. The van der Waals surface area contributed by atoms with Gasteiger partial charge in [0.2, 0.25) is 0 Å². The molecule has 0 N–H and O–H groups in total. The Morgan fingerprint density at radius 2 is 1.05 bits per heavy atom. The van der Waals surface area contributed by atoms with Crippen molar-refractivity contribution in [2.45, 2.75) is 4.44 Å². The van der Waals surface area contributed by atoms with Crippen LogP contribution < -0.4 is 10.7 Å². The van der Waals surface area contributed by atoms with E-state index >= 15 is 0 Å². The number of hydrogen-bond acceptors (Lipinski definition) is 0. The van der Waals surface area contributed by atoms with Crippen molar-refractivity contribution in [2.24, 2.45) is 0 Å². The quantitative estimate of drug-likeness (QED) is 0.461. The van der Waals surface area contributed by atoms with E-state index in [9.17, 15) is 0 Å². The van der Waals surface area contributed by atoms with Gasteiger partial charge in [-0.3, -0.25) is 0 Å². The molecule has 0 radical (unpaired) electrons. The molecule has 0 aliphatic carbocycles. The Kier molecular flexibility index (Phi) is 4.03. The molecule has 0 aliphatic heterocycles. The van der Waals surface area contributed by atoms with Crippen molar-refractivity contribution in [3.8, 4) is 0 Å². The Bertz CT molecular complexity index is 698. The van der Waals surface area contributed by atoms with Crippen molar-refractivity contribution in [2.75, 3.05) is 0 Å². The fourth-order valence-electron chi connectivity index (χ4n) is 3.17. The van der Waals surface area contributed by atoms with Gasteiger partial charge in [0.15, 0.2) is 0 Å². The van der Waals surface area contributed by atoms with Gasteiger partial charge < -0.3 is 0 Å². The molecule has 0 aromatic heterocycles. The second-order valence-electron chi connectivity index (χ2n) is 5.41. The average molecular weight is 393 g/mol. The molecule has 0 atom stereocenters. The third-order valence-corrected chi connectivity index (χ3v) is 17.8. The monoisotopic (exact) mass is 394 g/mol. The minimum absolute atomic E-state index is 0.0983. The third kappa shape index (κ3) is 2.76. The molecule has 1 heteroatoms. The van der Waals surface area contributed by atoms with E-state index in [0.717, 1.165) is 4.44 Å². The zero-order valence-electron chi connectivity index (χ0n) is 14.4. The van der Waals surface area contributed by atoms with E-state index < -0.39 is 18.4 Å². The van der Waals surface area contributed by atoms with Gasteiger partial charge in [-0.25, -0.2) is 0 Å². The molecule has 0 saturated heterocycles. The first-order valence-electron chi connectivity index (χ1n) is 8.53. The van der Waals surface area contributed by atoms with Crippen LogP contribution in [0.1, 0.15) is 2.74 Å². The van der Waals surface area contributed by atoms with Gasteiger partial charge in [-0.15, -0.1) is 0 Å². The SMILES string of the molecule is [2H]C([2H])=C[CH2][Sn]([c]1ccccc1)([c]1ccccc1)[c]1ccccc1. The van der Waals surface area contributed by atoms with E-state index in [2.05, 4.69) is 72.8 Å². The number of benzene rings is 3. The van der Waals surface area contributed by atoms with Gasteiger partial charge in [0.05, 0.1) is 0 Å². The second kappa shape index (κ2) is 6.97. The standard InChI is InChI=1S/3C6H5.C3H5.Sn/c3*1-2-4-6-5-3-1;1-3-2;/h3*1-5H;3H,1-2H2;/i;;;1D2;. The molecule has 0 amide bonds. The van der Waals surface area contributed by atoms with Gasteiger partial charge in [0, 0.05) is 0 Å². The van der Waals surface area contributed by atoms with E-state index in [1.54, 1.807) is 6.08 Å². The average Bonchev–Trinajstić information content (AvgIpc) is 2.65. The summed E-state index contributed by atoms with van der Waals surface area (Å²) >= 11 is -3.27. The summed E-state index contributed by atoms with van der Waals surface area (Å²) in [5, 5.41) is 0. The molecule has 0 bridgehead atoms. The molecular weight excluding hydrogens is 371 g/mol. The number of allylic oxidation sites excluding steroid dienone is 1. The van der Waals surface area contributed by atoms with Crippen LogP contribution in [0.5, 0.6) is 0 Å². The van der Waals surface area contributed by atoms with Gasteiger partial charge in [-0.2, -0.15) is 0 Å². The summed E-state index contributed by atoms with van der Waals surface area (Å²) in [7, 11) is 0. The van der Waals surface area contributed by atoms with Crippen LogP contribution in [0.25, 0.3) is 0 Å². The zero-order chi connectivity index (χ0) is 16.8. The van der Waals surface area contributed by atoms with Crippen LogP contribution in [0.15, 0.2) is 104 Å². The van der Waals surface area contributed by atoms with E-state index in [1.807, 2.05) is 18.2 Å². The molecule has 3 aromatic carbocycles. The van der Waals surface area contributed by atoms with Crippen LogP contribution in [0, 0.1) is 0 Å². The summed E-state index contributed by atoms with van der Waals surface area (Å²) in [5.74, 6) is 0. The molecule has 0 saturated carbocycles. The van der Waals surface area contributed by atoms with Crippen molar-refractivity contribution < 1.29 is 2.74 Å². The molecular formula is C21H20Sn. The molecule has 3 rings (SSSR count). The Morgan fingerprint density at radius 3 is 1.36 bits per heavy atom. The topological polar surface area (TPSA) is 0 Å². The van der Waals surface area contributed by atoms with Crippen molar-refractivity contribution >= 4 is 29.1 Å². The van der Waals surface area contributed by atoms with E-state index in [0.29, 0.717) is 0 Å². The van der Waals surface area contributed by atoms with Gasteiger partial charge in [-0.05, 0) is 0 Å². The van der Waals surface area contributed by atoms with Crippen LogP contribution in [0.4, 0.5) is 0 Å². The molecule has 0 aliphatic rings. The van der Waals surface area contributed by atoms with Crippen molar-refractivity contribution in [3.05, 3.63) is 104 Å².